The molecular weight excluding hydrogens is 302 g/mol. The summed E-state index contributed by atoms with van der Waals surface area (Å²) in [5.74, 6) is 0.778. The summed E-state index contributed by atoms with van der Waals surface area (Å²) in [6.07, 6.45) is 3.52. The Labute approximate surface area is 116 Å². The van der Waals surface area contributed by atoms with Gasteiger partial charge in [-0.15, -0.1) is 11.6 Å². The van der Waals surface area contributed by atoms with E-state index in [9.17, 15) is 4.79 Å². The van der Waals surface area contributed by atoms with E-state index < -0.39 is 0 Å². The van der Waals surface area contributed by atoms with Crippen LogP contribution in [0, 0.1) is 0 Å². The summed E-state index contributed by atoms with van der Waals surface area (Å²) < 4.78 is 1.00. The van der Waals surface area contributed by atoms with Crippen LogP contribution in [0.2, 0.25) is 0 Å². The predicted molar refractivity (Wildman–Crippen MR) is 75.4 cm³/mol. The zero-order valence-electron chi connectivity index (χ0n) is 9.72. The van der Waals surface area contributed by atoms with Crippen molar-refractivity contribution in [1.82, 2.24) is 5.32 Å². The van der Waals surface area contributed by atoms with Gasteiger partial charge in [-0.25, -0.2) is 0 Å². The molecule has 1 aromatic rings. The Morgan fingerprint density at radius 2 is 2.12 bits per heavy atom. The molecule has 0 saturated heterocycles. The minimum absolute atomic E-state index is 0.0778. The second-order valence-corrected chi connectivity index (χ2v) is 5.20. The average molecular weight is 319 g/mol. The van der Waals surface area contributed by atoms with Crippen molar-refractivity contribution in [1.29, 1.82) is 0 Å². The smallest absolute Gasteiger partial charge is 0.224 e. The molecule has 1 aromatic carbocycles. The lowest BCUT2D eigenvalue weighted by atomic mass is 10.1. The topological polar surface area (TPSA) is 29.1 Å². The second kappa shape index (κ2) is 8.54. The molecule has 0 unspecified atom stereocenters. The number of hydrogen-bond acceptors (Lipinski definition) is 1. The maximum Gasteiger partial charge on any atom is 0.224 e. The number of carbonyl (C=O) groups is 1. The zero-order chi connectivity index (χ0) is 12.5. The Kier molecular flexibility index (Phi) is 7.29. The molecule has 0 spiro atoms. The van der Waals surface area contributed by atoms with Crippen molar-refractivity contribution in [2.75, 3.05) is 12.4 Å². The van der Waals surface area contributed by atoms with E-state index in [2.05, 4.69) is 21.2 Å². The van der Waals surface area contributed by atoms with E-state index in [4.69, 9.17) is 11.6 Å². The number of unbranched alkanes of at least 4 members (excludes halogenated alkanes) is 2. The number of rotatable bonds is 7. The van der Waals surface area contributed by atoms with Crippen molar-refractivity contribution in [3.63, 3.8) is 0 Å². The molecule has 17 heavy (non-hydrogen) atoms. The molecule has 94 valence electrons. The molecule has 0 saturated carbocycles. The van der Waals surface area contributed by atoms with E-state index in [1.54, 1.807) is 0 Å². The van der Waals surface area contributed by atoms with Gasteiger partial charge >= 0.3 is 0 Å². The van der Waals surface area contributed by atoms with E-state index in [1.807, 2.05) is 24.3 Å². The number of halogens is 2. The van der Waals surface area contributed by atoms with Gasteiger partial charge in [0, 0.05) is 16.9 Å². The molecule has 2 nitrogen and oxygen atoms in total. The maximum atomic E-state index is 11.6. The van der Waals surface area contributed by atoms with Crippen molar-refractivity contribution < 1.29 is 4.79 Å². The molecule has 0 radical (unpaired) electrons. The third-order valence-corrected chi connectivity index (χ3v) is 3.15. The minimum atomic E-state index is 0.0778. The fourth-order valence-corrected chi connectivity index (χ4v) is 2.15. The summed E-state index contributed by atoms with van der Waals surface area (Å²) in [6.45, 7) is 0.740. The molecule has 0 fully saturated rings. The first kappa shape index (κ1) is 14.5. The normalized spacial score (nSPS) is 10.2. The number of carbonyl (C=O) groups excluding carboxylic acids is 1. The van der Waals surface area contributed by atoms with Gasteiger partial charge in [-0.2, -0.15) is 0 Å². The van der Waals surface area contributed by atoms with E-state index in [0.29, 0.717) is 12.3 Å². The van der Waals surface area contributed by atoms with Crippen molar-refractivity contribution in [2.24, 2.45) is 0 Å². The highest BCUT2D eigenvalue weighted by Gasteiger charge is 2.02. The Morgan fingerprint density at radius 1 is 1.29 bits per heavy atom. The van der Waals surface area contributed by atoms with Crippen LogP contribution in [-0.4, -0.2) is 18.3 Å². The average Bonchev–Trinajstić information content (AvgIpc) is 2.29. The molecule has 4 heteroatoms. The third kappa shape index (κ3) is 6.69. The highest BCUT2D eigenvalue weighted by Crippen LogP contribution is 2.11. The van der Waals surface area contributed by atoms with Gasteiger partial charge in [0.2, 0.25) is 5.91 Å². The zero-order valence-corrected chi connectivity index (χ0v) is 12.1. The van der Waals surface area contributed by atoms with Crippen LogP contribution < -0.4 is 5.32 Å². The van der Waals surface area contributed by atoms with Crippen LogP contribution in [0.5, 0.6) is 0 Å². The number of hydrogen-bond donors (Lipinski definition) is 1. The quantitative estimate of drug-likeness (QED) is 0.605. The SMILES string of the molecule is O=C(Cc1cccc(Br)c1)NCCCCCCl. The van der Waals surface area contributed by atoms with E-state index in [0.717, 1.165) is 35.8 Å². The summed E-state index contributed by atoms with van der Waals surface area (Å²) in [6, 6.07) is 7.81. The van der Waals surface area contributed by atoms with Crippen molar-refractivity contribution in [3.8, 4) is 0 Å². The Hall–Kier alpha value is -0.540. The molecule has 1 rings (SSSR count). The van der Waals surface area contributed by atoms with Crippen molar-refractivity contribution in [2.45, 2.75) is 25.7 Å². The Morgan fingerprint density at radius 3 is 2.82 bits per heavy atom. The fraction of sp³-hybridized carbons (Fsp3) is 0.462. The molecule has 0 heterocycles. The Bertz CT molecular complexity index is 357. The monoisotopic (exact) mass is 317 g/mol. The van der Waals surface area contributed by atoms with Gasteiger partial charge in [0.15, 0.2) is 0 Å². The van der Waals surface area contributed by atoms with Gasteiger partial charge in [0.05, 0.1) is 6.42 Å². The molecule has 1 amide bonds. The lowest BCUT2D eigenvalue weighted by molar-refractivity contribution is -0.120. The Balaban J connectivity index is 2.21. The molecule has 0 aliphatic carbocycles. The van der Waals surface area contributed by atoms with Crippen LogP contribution in [0.1, 0.15) is 24.8 Å². The molecule has 0 aromatic heterocycles. The van der Waals surface area contributed by atoms with Gasteiger partial charge in [0.25, 0.3) is 0 Å². The predicted octanol–water partition coefficient (Wildman–Crippen LogP) is 3.52. The van der Waals surface area contributed by atoms with E-state index in [1.165, 1.54) is 0 Å². The lowest BCUT2D eigenvalue weighted by Crippen LogP contribution is -2.26. The number of alkyl halides is 1. The summed E-state index contributed by atoms with van der Waals surface area (Å²) in [7, 11) is 0. The van der Waals surface area contributed by atoms with E-state index >= 15 is 0 Å². The van der Waals surface area contributed by atoms with Crippen LogP contribution in [0.15, 0.2) is 28.7 Å². The van der Waals surface area contributed by atoms with Gasteiger partial charge < -0.3 is 5.32 Å². The molecular formula is C13H17BrClNO. The molecule has 0 atom stereocenters. The molecule has 0 bridgehead atoms. The van der Waals surface area contributed by atoms with Gasteiger partial charge in [0.1, 0.15) is 0 Å². The summed E-state index contributed by atoms with van der Waals surface area (Å²) in [4.78, 5) is 11.6. The summed E-state index contributed by atoms with van der Waals surface area (Å²) in [5, 5.41) is 2.91. The maximum absolute atomic E-state index is 11.6. The minimum Gasteiger partial charge on any atom is -0.356 e. The first-order valence-corrected chi connectivity index (χ1v) is 7.12. The molecule has 0 aliphatic rings. The fourth-order valence-electron chi connectivity index (χ4n) is 1.52. The standard InChI is InChI=1S/C13H17BrClNO/c14-12-6-4-5-11(9-12)10-13(17)16-8-3-1-2-7-15/h4-6,9H,1-3,7-8,10H2,(H,16,17). The largest absolute Gasteiger partial charge is 0.356 e. The summed E-state index contributed by atoms with van der Waals surface area (Å²) in [5.41, 5.74) is 1.03. The third-order valence-electron chi connectivity index (χ3n) is 2.39. The summed E-state index contributed by atoms with van der Waals surface area (Å²) >= 11 is 8.96. The van der Waals surface area contributed by atoms with Crippen LogP contribution in [-0.2, 0) is 11.2 Å². The number of benzene rings is 1. The number of amides is 1. The first-order chi connectivity index (χ1) is 8.22. The van der Waals surface area contributed by atoms with Crippen LogP contribution >= 0.6 is 27.5 Å². The first-order valence-electron chi connectivity index (χ1n) is 5.79. The highest BCUT2D eigenvalue weighted by atomic mass is 79.9. The lowest BCUT2D eigenvalue weighted by Gasteiger charge is -2.05. The van der Waals surface area contributed by atoms with Crippen LogP contribution in [0.25, 0.3) is 0 Å². The molecule has 1 N–H and O–H groups in total. The van der Waals surface area contributed by atoms with E-state index in [-0.39, 0.29) is 5.91 Å². The highest BCUT2D eigenvalue weighted by molar-refractivity contribution is 9.10. The van der Waals surface area contributed by atoms with Gasteiger partial charge in [-0.05, 0) is 30.5 Å². The molecule has 0 aliphatic heterocycles. The van der Waals surface area contributed by atoms with Crippen molar-refractivity contribution >= 4 is 33.4 Å². The van der Waals surface area contributed by atoms with Crippen molar-refractivity contribution in [3.05, 3.63) is 34.3 Å². The van der Waals surface area contributed by atoms with Crippen LogP contribution in [0.4, 0.5) is 0 Å². The number of nitrogens with one attached hydrogen (secondary N) is 1. The van der Waals surface area contributed by atoms with Gasteiger partial charge in [-0.1, -0.05) is 34.5 Å². The van der Waals surface area contributed by atoms with Crippen LogP contribution in [0.3, 0.4) is 0 Å². The van der Waals surface area contributed by atoms with Gasteiger partial charge in [-0.3, -0.25) is 4.79 Å². The second-order valence-electron chi connectivity index (χ2n) is 3.91.